The zero-order valence-corrected chi connectivity index (χ0v) is 10.9. The van der Waals surface area contributed by atoms with Crippen LogP contribution in [-0.4, -0.2) is 20.9 Å². The van der Waals surface area contributed by atoms with Gasteiger partial charge in [-0.2, -0.15) is 5.10 Å². The van der Waals surface area contributed by atoms with E-state index < -0.39 is 5.97 Å². The van der Waals surface area contributed by atoms with Crippen molar-refractivity contribution in [1.29, 1.82) is 0 Å². The number of nitrogens with zero attached hydrogens (tertiary/aromatic N) is 2. The van der Waals surface area contributed by atoms with Crippen LogP contribution in [0.4, 0.5) is 0 Å². The van der Waals surface area contributed by atoms with E-state index in [1.165, 1.54) is 0 Å². The quantitative estimate of drug-likeness (QED) is 0.948. The predicted molar refractivity (Wildman–Crippen MR) is 65.6 cm³/mol. The lowest BCUT2D eigenvalue weighted by Gasteiger charge is -1.95. The Hall–Kier alpha value is -1.14. The van der Waals surface area contributed by atoms with Crippen molar-refractivity contribution in [3.63, 3.8) is 0 Å². The molecule has 0 fully saturated rings. The standard InChI is InChI=1S/C10H9BrN2O2S/c1-13-8(9-2-6(11)5-16-9)3-7(12-13)4-10(14)15/h2-3,5H,4H2,1H3,(H,14,15). The predicted octanol–water partition coefficient (Wildman–Crippen LogP) is 2.54. The third-order valence-electron chi connectivity index (χ3n) is 2.08. The number of carbonyl (C=O) groups is 1. The lowest BCUT2D eigenvalue weighted by Crippen LogP contribution is -2.01. The van der Waals surface area contributed by atoms with Gasteiger partial charge in [0.05, 0.1) is 22.7 Å². The number of rotatable bonds is 3. The molecular weight excluding hydrogens is 292 g/mol. The highest BCUT2D eigenvalue weighted by atomic mass is 79.9. The smallest absolute Gasteiger partial charge is 0.309 e. The van der Waals surface area contributed by atoms with Crippen molar-refractivity contribution < 1.29 is 9.90 Å². The largest absolute Gasteiger partial charge is 0.481 e. The number of thiophene rings is 1. The first-order valence-electron chi connectivity index (χ1n) is 4.55. The van der Waals surface area contributed by atoms with Gasteiger partial charge in [-0.25, -0.2) is 0 Å². The SMILES string of the molecule is Cn1nc(CC(=O)O)cc1-c1cc(Br)cs1. The van der Waals surface area contributed by atoms with Crippen LogP contribution in [-0.2, 0) is 18.3 Å². The number of hydrogen-bond donors (Lipinski definition) is 1. The highest BCUT2D eigenvalue weighted by molar-refractivity contribution is 9.10. The van der Waals surface area contributed by atoms with Gasteiger partial charge in [-0.3, -0.25) is 9.48 Å². The van der Waals surface area contributed by atoms with Crippen LogP contribution in [0.5, 0.6) is 0 Å². The molecule has 84 valence electrons. The van der Waals surface area contributed by atoms with Gasteiger partial charge in [0.15, 0.2) is 0 Å². The second-order valence-corrected chi connectivity index (χ2v) is 5.17. The van der Waals surface area contributed by atoms with Crippen LogP contribution >= 0.6 is 27.3 Å². The molecule has 2 aromatic rings. The number of carboxylic acids is 1. The highest BCUT2D eigenvalue weighted by Crippen LogP contribution is 2.29. The lowest BCUT2D eigenvalue weighted by atomic mass is 10.2. The van der Waals surface area contributed by atoms with Crippen LogP contribution in [0.2, 0.25) is 0 Å². The molecule has 0 unspecified atom stereocenters. The molecule has 16 heavy (non-hydrogen) atoms. The molecule has 2 heterocycles. The minimum Gasteiger partial charge on any atom is -0.481 e. The van der Waals surface area contributed by atoms with Gasteiger partial charge < -0.3 is 5.11 Å². The number of aryl methyl sites for hydroxylation is 1. The first-order valence-corrected chi connectivity index (χ1v) is 6.22. The minimum absolute atomic E-state index is 0.0413. The Morgan fingerprint density at radius 3 is 2.94 bits per heavy atom. The summed E-state index contributed by atoms with van der Waals surface area (Å²) in [4.78, 5) is 11.6. The van der Waals surface area contributed by atoms with Gasteiger partial charge in [0.2, 0.25) is 0 Å². The summed E-state index contributed by atoms with van der Waals surface area (Å²) in [7, 11) is 1.81. The fourth-order valence-electron chi connectivity index (χ4n) is 1.45. The maximum atomic E-state index is 10.6. The lowest BCUT2D eigenvalue weighted by molar-refractivity contribution is -0.136. The minimum atomic E-state index is -0.864. The van der Waals surface area contributed by atoms with E-state index >= 15 is 0 Å². The van der Waals surface area contributed by atoms with Crippen LogP contribution < -0.4 is 0 Å². The van der Waals surface area contributed by atoms with Gasteiger partial charge in [-0.15, -0.1) is 11.3 Å². The van der Waals surface area contributed by atoms with Gasteiger partial charge in [0, 0.05) is 16.9 Å². The first-order chi connectivity index (χ1) is 7.56. The molecule has 0 spiro atoms. The third-order valence-corrected chi connectivity index (χ3v) is 3.80. The second-order valence-electron chi connectivity index (χ2n) is 3.34. The van der Waals surface area contributed by atoms with Crippen molar-refractivity contribution in [2.24, 2.45) is 7.05 Å². The summed E-state index contributed by atoms with van der Waals surface area (Å²) >= 11 is 4.98. The number of hydrogen-bond acceptors (Lipinski definition) is 3. The van der Waals surface area contributed by atoms with E-state index in [-0.39, 0.29) is 6.42 Å². The van der Waals surface area contributed by atoms with Crippen LogP contribution in [0.25, 0.3) is 10.6 Å². The zero-order valence-electron chi connectivity index (χ0n) is 8.48. The van der Waals surface area contributed by atoms with Crippen LogP contribution in [0.1, 0.15) is 5.69 Å². The van der Waals surface area contributed by atoms with Crippen LogP contribution in [0.15, 0.2) is 22.0 Å². The van der Waals surface area contributed by atoms with Gasteiger partial charge in [0.1, 0.15) is 0 Å². The van der Waals surface area contributed by atoms with E-state index in [2.05, 4.69) is 21.0 Å². The number of aromatic nitrogens is 2. The summed E-state index contributed by atoms with van der Waals surface area (Å²) in [5.41, 5.74) is 1.52. The van der Waals surface area contributed by atoms with E-state index in [1.807, 2.05) is 24.6 Å². The molecule has 0 bridgehead atoms. The summed E-state index contributed by atoms with van der Waals surface area (Å²) in [6.45, 7) is 0. The topological polar surface area (TPSA) is 55.1 Å². The maximum absolute atomic E-state index is 10.6. The summed E-state index contributed by atoms with van der Waals surface area (Å²) < 4.78 is 2.73. The highest BCUT2D eigenvalue weighted by Gasteiger charge is 2.11. The molecule has 2 rings (SSSR count). The normalized spacial score (nSPS) is 10.6. The van der Waals surface area contributed by atoms with Crippen molar-refractivity contribution in [2.45, 2.75) is 6.42 Å². The zero-order chi connectivity index (χ0) is 11.7. The van der Waals surface area contributed by atoms with Gasteiger partial charge in [-0.1, -0.05) is 0 Å². The molecule has 0 aliphatic rings. The summed E-state index contributed by atoms with van der Waals surface area (Å²) in [5.74, 6) is -0.864. The van der Waals surface area contributed by atoms with Crippen molar-refractivity contribution in [3.8, 4) is 10.6 Å². The average molecular weight is 301 g/mol. The number of aliphatic carboxylic acids is 1. The Labute approximate surface area is 105 Å². The van der Waals surface area contributed by atoms with E-state index in [0.717, 1.165) is 15.0 Å². The molecule has 6 heteroatoms. The van der Waals surface area contributed by atoms with Gasteiger partial charge in [-0.05, 0) is 28.1 Å². The van der Waals surface area contributed by atoms with Crippen molar-refractivity contribution in [2.75, 3.05) is 0 Å². The van der Waals surface area contributed by atoms with Crippen molar-refractivity contribution in [1.82, 2.24) is 9.78 Å². The third kappa shape index (κ3) is 2.33. The maximum Gasteiger partial charge on any atom is 0.309 e. The Balaban J connectivity index is 2.35. The molecule has 0 saturated heterocycles. The van der Waals surface area contributed by atoms with Gasteiger partial charge >= 0.3 is 5.97 Å². The Morgan fingerprint density at radius 2 is 2.38 bits per heavy atom. The molecule has 2 aromatic heterocycles. The molecule has 1 N–H and O–H groups in total. The molecule has 0 aromatic carbocycles. The summed E-state index contributed by atoms with van der Waals surface area (Å²) in [5, 5.41) is 14.8. The second kappa shape index (κ2) is 4.39. The molecular formula is C10H9BrN2O2S. The molecule has 4 nitrogen and oxygen atoms in total. The number of carboxylic acid groups (broad SMARTS) is 1. The number of halogens is 1. The van der Waals surface area contributed by atoms with E-state index in [0.29, 0.717) is 5.69 Å². The molecule has 0 radical (unpaired) electrons. The molecule has 0 aliphatic heterocycles. The fourth-order valence-corrected chi connectivity index (χ4v) is 2.92. The summed E-state index contributed by atoms with van der Waals surface area (Å²) in [6, 6.07) is 3.80. The van der Waals surface area contributed by atoms with Gasteiger partial charge in [0.25, 0.3) is 0 Å². The van der Waals surface area contributed by atoms with Crippen molar-refractivity contribution >= 4 is 33.2 Å². The summed E-state index contributed by atoms with van der Waals surface area (Å²) in [6.07, 6.45) is -0.0413. The average Bonchev–Trinajstić information content (AvgIpc) is 2.72. The van der Waals surface area contributed by atoms with Crippen LogP contribution in [0.3, 0.4) is 0 Å². The first kappa shape index (κ1) is 11.3. The molecule has 0 atom stereocenters. The van der Waals surface area contributed by atoms with E-state index in [9.17, 15) is 4.79 Å². The van der Waals surface area contributed by atoms with E-state index in [1.54, 1.807) is 16.0 Å². The van der Waals surface area contributed by atoms with Crippen molar-refractivity contribution in [3.05, 3.63) is 27.7 Å². The molecule has 0 saturated carbocycles. The fraction of sp³-hybridized carbons (Fsp3) is 0.200. The van der Waals surface area contributed by atoms with E-state index in [4.69, 9.17) is 5.11 Å². The Morgan fingerprint density at radius 1 is 1.62 bits per heavy atom. The molecule has 0 amide bonds. The molecule has 0 aliphatic carbocycles. The van der Waals surface area contributed by atoms with Crippen LogP contribution in [0, 0.1) is 0 Å². The monoisotopic (exact) mass is 300 g/mol. The Bertz CT molecular complexity index is 533. The Kier molecular flexibility index (Phi) is 3.11.